The Kier molecular flexibility index (Phi) is 5.13. The molecule has 6 nitrogen and oxygen atoms in total. The third kappa shape index (κ3) is 4.06. The van der Waals surface area contributed by atoms with E-state index in [0.717, 1.165) is 6.42 Å². The number of nitrogens with two attached hydrogens (primary N) is 1. The Morgan fingerprint density at radius 1 is 1.44 bits per heavy atom. The molecule has 0 unspecified atom stereocenters. The summed E-state index contributed by atoms with van der Waals surface area (Å²) in [7, 11) is 0. The van der Waals surface area contributed by atoms with Crippen LogP contribution in [0, 0.1) is 0 Å². The number of hydrogen-bond acceptors (Lipinski definition) is 4. The van der Waals surface area contributed by atoms with Crippen molar-refractivity contribution in [2.24, 2.45) is 0 Å². The van der Waals surface area contributed by atoms with Crippen molar-refractivity contribution >= 4 is 23.3 Å². The fourth-order valence-corrected chi connectivity index (χ4v) is 1.35. The molecule has 0 aliphatic carbocycles. The van der Waals surface area contributed by atoms with Gasteiger partial charge in [-0.25, -0.2) is 4.79 Å². The molecule has 0 aliphatic rings. The third-order valence-electron chi connectivity index (χ3n) is 2.13. The lowest BCUT2D eigenvalue weighted by molar-refractivity contribution is -0.120. The number of carbonyl (C=O) groups is 2. The second-order valence-electron chi connectivity index (χ2n) is 3.71. The summed E-state index contributed by atoms with van der Waals surface area (Å²) in [6.45, 7) is 2.30. The summed E-state index contributed by atoms with van der Waals surface area (Å²) in [4.78, 5) is 22.5. The van der Waals surface area contributed by atoms with Crippen LogP contribution in [0.25, 0.3) is 0 Å². The van der Waals surface area contributed by atoms with Crippen LogP contribution >= 0.6 is 0 Å². The number of nitrogen functional groups attached to an aromatic ring is 1. The molecule has 0 radical (unpaired) electrons. The number of benzene rings is 1. The number of carboxylic acids is 1. The second-order valence-corrected chi connectivity index (χ2v) is 3.71. The van der Waals surface area contributed by atoms with Gasteiger partial charge in [0.1, 0.15) is 6.61 Å². The number of amides is 1. The van der Waals surface area contributed by atoms with E-state index in [4.69, 9.17) is 15.6 Å². The van der Waals surface area contributed by atoms with Crippen LogP contribution in [0.4, 0.5) is 11.4 Å². The molecule has 1 amide bonds. The molecule has 1 aromatic rings. The first-order valence-electron chi connectivity index (χ1n) is 5.55. The smallest absolute Gasteiger partial charge is 0.337 e. The summed E-state index contributed by atoms with van der Waals surface area (Å²) in [5, 5.41) is 11.4. The summed E-state index contributed by atoms with van der Waals surface area (Å²) in [6, 6.07) is 4.22. The number of ether oxygens (including phenoxy) is 1. The van der Waals surface area contributed by atoms with Gasteiger partial charge in [0.2, 0.25) is 5.91 Å². The van der Waals surface area contributed by atoms with Crippen molar-refractivity contribution in [3.05, 3.63) is 23.8 Å². The minimum atomic E-state index is -1.13. The van der Waals surface area contributed by atoms with Crippen molar-refractivity contribution < 1.29 is 19.4 Å². The molecular weight excluding hydrogens is 236 g/mol. The van der Waals surface area contributed by atoms with Crippen molar-refractivity contribution in [2.45, 2.75) is 13.3 Å². The van der Waals surface area contributed by atoms with E-state index in [1.807, 2.05) is 6.92 Å². The molecule has 0 aliphatic heterocycles. The molecule has 1 aromatic carbocycles. The van der Waals surface area contributed by atoms with E-state index >= 15 is 0 Å². The Morgan fingerprint density at radius 3 is 2.78 bits per heavy atom. The zero-order chi connectivity index (χ0) is 13.5. The summed E-state index contributed by atoms with van der Waals surface area (Å²) in [5.41, 5.74) is 6.10. The van der Waals surface area contributed by atoms with Gasteiger partial charge in [-0.05, 0) is 24.6 Å². The Bertz CT molecular complexity index is 446. The number of hydrogen-bond donors (Lipinski definition) is 3. The molecule has 98 valence electrons. The number of nitrogens with one attached hydrogen (secondary N) is 1. The summed E-state index contributed by atoms with van der Waals surface area (Å²) >= 11 is 0. The lowest BCUT2D eigenvalue weighted by atomic mass is 10.1. The van der Waals surface area contributed by atoms with Gasteiger partial charge in [0.15, 0.2) is 0 Å². The first-order chi connectivity index (χ1) is 8.54. The molecule has 18 heavy (non-hydrogen) atoms. The Labute approximate surface area is 105 Å². The molecule has 0 saturated heterocycles. The fourth-order valence-electron chi connectivity index (χ4n) is 1.35. The second kappa shape index (κ2) is 6.61. The van der Waals surface area contributed by atoms with E-state index in [0.29, 0.717) is 12.3 Å². The first-order valence-corrected chi connectivity index (χ1v) is 5.55. The molecule has 0 aromatic heterocycles. The van der Waals surface area contributed by atoms with Gasteiger partial charge in [-0.1, -0.05) is 6.92 Å². The van der Waals surface area contributed by atoms with E-state index in [1.54, 1.807) is 0 Å². The molecule has 0 bridgehead atoms. The SMILES string of the molecule is CCCOCC(=O)Nc1cc(N)ccc1C(=O)O. The van der Waals surface area contributed by atoms with Crippen LogP contribution < -0.4 is 11.1 Å². The van der Waals surface area contributed by atoms with E-state index in [9.17, 15) is 9.59 Å². The highest BCUT2D eigenvalue weighted by atomic mass is 16.5. The Hall–Kier alpha value is -2.08. The highest BCUT2D eigenvalue weighted by molar-refractivity contribution is 6.01. The zero-order valence-electron chi connectivity index (χ0n) is 10.1. The Morgan fingerprint density at radius 2 is 2.17 bits per heavy atom. The van der Waals surface area contributed by atoms with Crippen LogP contribution in [0.15, 0.2) is 18.2 Å². The summed E-state index contributed by atoms with van der Waals surface area (Å²) in [6.07, 6.45) is 0.811. The first kappa shape index (κ1) is 14.0. The van der Waals surface area contributed by atoms with Crippen LogP contribution in [0.5, 0.6) is 0 Å². The van der Waals surface area contributed by atoms with Crippen LogP contribution in [0.1, 0.15) is 23.7 Å². The van der Waals surface area contributed by atoms with Gasteiger partial charge in [-0.2, -0.15) is 0 Å². The van der Waals surface area contributed by atoms with Crippen molar-refractivity contribution in [1.82, 2.24) is 0 Å². The predicted molar refractivity (Wildman–Crippen MR) is 67.6 cm³/mol. The number of aromatic carboxylic acids is 1. The molecule has 0 atom stereocenters. The van der Waals surface area contributed by atoms with Crippen LogP contribution in [0.3, 0.4) is 0 Å². The van der Waals surface area contributed by atoms with Crippen molar-refractivity contribution in [3.8, 4) is 0 Å². The molecule has 0 saturated carbocycles. The maximum atomic E-state index is 11.5. The molecule has 0 spiro atoms. The van der Waals surface area contributed by atoms with Crippen molar-refractivity contribution in [1.29, 1.82) is 0 Å². The topological polar surface area (TPSA) is 102 Å². The number of carbonyl (C=O) groups excluding carboxylic acids is 1. The lowest BCUT2D eigenvalue weighted by Crippen LogP contribution is -2.20. The number of anilines is 2. The fraction of sp³-hybridized carbons (Fsp3) is 0.333. The largest absolute Gasteiger partial charge is 0.478 e. The van der Waals surface area contributed by atoms with Gasteiger partial charge in [0, 0.05) is 12.3 Å². The van der Waals surface area contributed by atoms with Gasteiger partial charge in [0.05, 0.1) is 11.3 Å². The van der Waals surface area contributed by atoms with Crippen LogP contribution in [-0.4, -0.2) is 30.2 Å². The van der Waals surface area contributed by atoms with Crippen molar-refractivity contribution in [2.75, 3.05) is 24.3 Å². The maximum Gasteiger partial charge on any atom is 0.337 e. The minimum Gasteiger partial charge on any atom is -0.478 e. The minimum absolute atomic E-state index is 0.00644. The molecule has 0 fully saturated rings. The monoisotopic (exact) mass is 252 g/mol. The normalized spacial score (nSPS) is 10.1. The van der Waals surface area contributed by atoms with Gasteiger partial charge < -0.3 is 20.9 Å². The number of carboxylic acid groups (broad SMARTS) is 1. The van der Waals surface area contributed by atoms with Gasteiger partial charge in [-0.3, -0.25) is 4.79 Å². The predicted octanol–water partition coefficient (Wildman–Crippen LogP) is 1.33. The Balaban J connectivity index is 2.73. The molecule has 6 heteroatoms. The number of rotatable bonds is 6. The average molecular weight is 252 g/mol. The molecule has 4 N–H and O–H groups in total. The average Bonchev–Trinajstić information content (AvgIpc) is 2.29. The summed E-state index contributed by atoms with van der Waals surface area (Å²) in [5.74, 6) is -1.53. The third-order valence-corrected chi connectivity index (χ3v) is 2.13. The van der Waals surface area contributed by atoms with E-state index < -0.39 is 11.9 Å². The zero-order valence-corrected chi connectivity index (χ0v) is 10.1. The van der Waals surface area contributed by atoms with Gasteiger partial charge in [0.25, 0.3) is 0 Å². The maximum absolute atomic E-state index is 11.5. The van der Waals surface area contributed by atoms with Crippen LogP contribution in [0.2, 0.25) is 0 Å². The molecular formula is C12H16N2O4. The van der Waals surface area contributed by atoms with E-state index in [1.165, 1.54) is 18.2 Å². The molecule has 1 rings (SSSR count). The van der Waals surface area contributed by atoms with E-state index in [-0.39, 0.29) is 17.9 Å². The quantitative estimate of drug-likeness (QED) is 0.523. The van der Waals surface area contributed by atoms with Gasteiger partial charge >= 0.3 is 5.97 Å². The summed E-state index contributed by atoms with van der Waals surface area (Å²) < 4.78 is 5.06. The molecule has 0 heterocycles. The van der Waals surface area contributed by atoms with Crippen molar-refractivity contribution in [3.63, 3.8) is 0 Å². The highest BCUT2D eigenvalue weighted by Gasteiger charge is 2.12. The standard InChI is InChI=1S/C12H16N2O4/c1-2-5-18-7-11(15)14-10-6-8(13)3-4-9(10)12(16)17/h3-4,6H,2,5,7,13H2,1H3,(H,14,15)(H,16,17). The van der Waals surface area contributed by atoms with E-state index in [2.05, 4.69) is 5.32 Å². The highest BCUT2D eigenvalue weighted by Crippen LogP contribution is 2.19. The van der Waals surface area contributed by atoms with Crippen LogP contribution in [-0.2, 0) is 9.53 Å². The van der Waals surface area contributed by atoms with Gasteiger partial charge in [-0.15, -0.1) is 0 Å². The lowest BCUT2D eigenvalue weighted by Gasteiger charge is -2.09.